The van der Waals surface area contributed by atoms with Gasteiger partial charge in [0.15, 0.2) is 0 Å². The molecule has 17 heavy (non-hydrogen) atoms. The Kier molecular flexibility index (Phi) is 9.82. The highest BCUT2D eigenvalue weighted by Gasteiger charge is 2.30. The minimum atomic E-state index is -4.23. The molecular weight excluding hydrogens is 225 g/mol. The van der Waals surface area contributed by atoms with Crippen molar-refractivity contribution in [3.63, 3.8) is 0 Å². The molecule has 0 N–H and O–H groups in total. The maximum atomic E-state index is 12.3. The molecule has 0 aliphatic rings. The van der Waals surface area contributed by atoms with Gasteiger partial charge in [0.25, 0.3) is 0 Å². The lowest BCUT2D eigenvalue weighted by Crippen LogP contribution is -2.05. The molecule has 0 fully saturated rings. The molecule has 0 aromatic heterocycles. The van der Waals surface area contributed by atoms with Gasteiger partial charge >= 0.3 is 6.18 Å². The van der Waals surface area contributed by atoms with E-state index in [1.54, 1.807) is 13.0 Å². The molecule has 0 saturated heterocycles. The van der Waals surface area contributed by atoms with Crippen molar-refractivity contribution >= 4 is 0 Å². The fourth-order valence-electron chi connectivity index (χ4n) is 1.23. The second kappa shape index (κ2) is 9.08. The third-order valence-corrected chi connectivity index (χ3v) is 1.87. The molecule has 0 saturated carbocycles. The summed E-state index contributed by atoms with van der Waals surface area (Å²) in [5.74, 6) is 0. The summed E-state index contributed by atoms with van der Waals surface area (Å²) in [6.07, 6.45) is -3.60. The van der Waals surface area contributed by atoms with Gasteiger partial charge in [-0.25, -0.2) is 0 Å². The lowest BCUT2D eigenvalue weighted by Gasteiger charge is -2.09. The lowest BCUT2D eigenvalue weighted by molar-refractivity contribution is -0.137. The SMILES string of the molecule is CC.CC.CCc1cc(C)cc(C(F)(F)F)c1. The van der Waals surface area contributed by atoms with Crippen LogP contribution in [0, 0.1) is 6.92 Å². The van der Waals surface area contributed by atoms with E-state index in [1.165, 1.54) is 12.1 Å². The monoisotopic (exact) mass is 248 g/mol. The summed E-state index contributed by atoms with van der Waals surface area (Å²) in [4.78, 5) is 0. The largest absolute Gasteiger partial charge is 0.416 e. The predicted octanol–water partition coefficient (Wildman–Crippen LogP) is 5.63. The maximum Gasteiger partial charge on any atom is 0.416 e. The van der Waals surface area contributed by atoms with E-state index >= 15 is 0 Å². The van der Waals surface area contributed by atoms with Crippen molar-refractivity contribution in [1.82, 2.24) is 0 Å². The zero-order valence-electron chi connectivity index (χ0n) is 11.6. The minimum absolute atomic E-state index is 0.552. The summed E-state index contributed by atoms with van der Waals surface area (Å²) in [6, 6.07) is 4.14. The molecule has 0 amide bonds. The molecule has 0 bridgehead atoms. The average Bonchev–Trinajstić information content (AvgIpc) is 2.32. The highest BCUT2D eigenvalue weighted by atomic mass is 19.4. The van der Waals surface area contributed by atoms with Crippen LogP contribution in [0.3, 0.4) is 0 Å². The molecule has 100 valence electrons. The van der Waals surface area contributed by atoms with E-state index in [4.69, 9.17) is 0 Å². The van der Waals surface area contributed by atoms with E-state index in [0.29, 0.717) is 12.0 Å². The molecule has 3 heteroatoms. The quantitative estimate of drug-likeness (QED) is 0.604. The number of halogens is 3. The third-order valence-electron chi connectivity index (χ3n) is 1.87. The van der Waals surface area contributed by atoms with Gasteiger partial charge in [0.1, 0.15) is 0 Å². The van der Waals surface area contributed by atoms with Gasteiger partial charge in [0, 0.05) is 0 Å². The van der Waals surface area contributed by atoms with Gasteiger partial charge in [-0.05, 0) is 31.0 Å². The highest BCUT2D eigenvalue weighted by Crippen LogP contribution is 2.30. The summed E-state index contributed by atoms with van der Waals surface area (Å²) < 4.78 is 36.9. The van der Waals surface area contributed by atoms with Gasteiger partial charge in [0.2, 0.25) is 0 Å². The Labute approximate surface area is 103 Å². The van der Waals surface area contributed by atoms with E-state index in [0.717, 1.165) is 5.56 Å². The van der Waals surface area contributed by atoms with Gasteiger partial charge in [-0.2, -0.15) is 13.2 Å². The molecule has 0 heterocycles. The summed E-state index contributed by atoms with van der Waals surface area (Å²) in [7, 11) is 0. The van der Waals surface area contributed by atoms with Gasteiger partial charge in [-0.3, -0.25) is 0 Å². The first-order valence-corrected chi connectivity index (χ1v) is 6.11. The molecule has 0 atom stereocenters. The first kappa shape index (κ1) is 18.4. The Morgan fingerprint density at radius 3 is 1.76 bits per heavy atom. The number of aryl methyl sites for hydroxylation is 2. The van der Waals surface area contributed by atoms with Crippen LogP contribution < -0.4 is 0 Å². The topological polar surface area (TPSA) is 0 Å². The number of alkyl halides is 3. The minimum Gasteiger partial charge on any atom is -0.166 e. The first-order valence-electron chi connectivity index (χ1n) is 6.11. The van der Waals surface area contributed by atoms with Crippen LogP contribution in [0.25, 0.3) is 0 Å². The third kappa shape index (κ3) is 7.03. The average molecular weight is 248 g/mol. The number of hydrogen-bond acceptors (Lipinski definition) is 0. The van der Waals surface area contributed by atoms with Crippen LogP contribution in [0.4, 0.5) is 13.2 Å². The zero-order chi connectivity index (χ0) is 14.1. The summed E-state index contributed by atoms with van der Waals surface area (Å²) in [5, 5.41) is 0. The van der Waals surface area contributed by atoms with Crippen LogP contribution in [0.5, 0.6) is 0 Å². The predicted molar refractivity (Wildman–Crippen MR) is 68.3 cm³/mol. The van der Waals surface area contributed by atoms with Crippen LogP contribution in [-0.2, 0) is 12.6 Å². The first-order chi connectivity index (χ1) is 7.93. The molecule has 0 nitrogen and oxygen atoms in total. The van der Waals surface area contributed by atoms with Crippen LogP contribution in [0.2, 0.25) is 0 Å². The van der Waals surface area contributed by atoms with Gasteiger partial charge in [-0.15, -0.1) is 0 Å². The molecule has 0 unspecified atom stereocenters. The van der Waals surface area contributed by atoms with Crippen LogP contribution in [0.1, 0.15) is 51.3 Å². The van der Waals surface area contributed by atoms with Crippen molar-refractivity contribution in [2.24, 2.45) is 0 Å². The van der Waals surface area contributed by atoms with E-state index in [9.17, 15) is 13.2 Å². The maximum absolute atomic E-state index is 12.3. The van der Waals surface area contributed by atoms with Crippen molar-refractivity contribution in [3.05, 3.63) is 34.9 Å². The van der Waals surface area contributed by atoms with E-state index < -0.39 is 11.7 Å². The normalized spacial score (nSPS) is 9.71. The summed E-state index contributed by atoms with van der Waals surface area (Å²) in [6.45, 7) is 11.5. The summed E-state index contributed by atoms with van der Waals surface area (Å²) in [5.41, 5.74) is 0.836. The Bertz CT molecular complexity index is 301. The molecule has 0 aliphatic heterocycles. The molecule has 1 aromatic rings. The Hall–Kier alpha value is -0.990. The van der Waals surface area contributed by atoms with Crippen molar-refractivity contribution in [1.29, 1.82) is 0 Å². The number of rotatable bonds is 1. The van der Waals surface area contributed by atoms with E-state index in [1.807, 2.05) is 34.6 Å². The van der Waals surface area contributed by atoms with Gasteiger partial charge < -0.3 is 0 Å². The van der Waals surface area contributed by atoms with Crippen molar-refractivity contribution in [2.75, 3.05) is 0 Å². The number of hydrogen-bond donors (Lipinski definition) is 0. The van der Waals surface area contributed by atoms with Crippen LogP contribution in [0.15, 0.2) is 18.2 Å². The zero-order valence-corrected chi connectivity index (χ0v) is 11.6. The second-order valence-corrected chi connectivity index (χ2v) is 3.06. The van der Waals surface area contributed by atoms with Crippen LogP contribution >= 0.6 is 0 Å². The standard InChI is InChI=1S/C10H11F3.2C2H6/c1-3-8-4-7(2)5-9(6-8)10(11,12)13;2*1-2/h4-6H,3H2,1-2H3;2*1-2H3. The Balaban J connectivity index is 0. The molecule has 1 rings (SSSR count). The van der Waals surface area contributed by atoms with Crippen molar-refractivity contribution in [2.45, 2.75) is 54.1 Å². The van der Waals surface area contributed by atoms with Gasteiger partial charge in [0.05, 0.1) is 5.56 Å². The Morgan fingerprint density at radius 1 is 0.941 bits per heavy atom. The smallest absolute Gasteiger partial charge is 0.166 e. The van der Waals surface area contributed by atoms with E-state index in [-0.39, 0.29) is 0 Å². The van der Waals surface area contributed by atoms with Crippen molar-refractivity contribution in [3.8, 4) is 0 Å². The van der Waals surface area contributed by atoms with E-state index in [2.05, 4.69) is 0 Å². The van der Waals surface area contributed by atoms with Crippen molar-refractivity contribution < 1.29 is 13.2 Å². The lowest BCUT2D eigenvalue weighted by atomic mass is 10.0. The molecule has 0 aliphatic carbocycles. The number of benzene rings is 1. The molecule has 0 radical (unpaired) electrons. The summed E-state index contributed by atoms with van der Waals surface area (Å²) >= 11 is 0. The molecule has 0 spiro atoms. The van der Waals surface area contributed by atoms with Gasteiger partial charge in [-0.1, -0.05) is 46.2 Å². The van der Waals surface area contributed by atoms with Crippen LogP contribution in [-0.4, -0.2) is 0 Å². The Morgan fingerprint density at radius 2 is 1.41 bits per heavy atom. The fourth-order valence-corrected chi connectivity index (χ4v) is 1.23. The molecule has 1 aromatic carbocycles. The highest BCUT2D eigenvalue weighted by molar-refractivity contribution is 5.31. The molecular formula is C14H23F3. The fraction of sp³-hybridized carbons (Fsp3) is 0.571. The second-order valence-electron chi connectivity index (χ2n) is 3.06.